The van der Waals surface area contributed by atoms with Gasteiger partial charge in [-0.1, -0.05) is 11.6 Å². The van der Waals surface area contributed by atoms with E-state index in [2.05, 4.69) is 5.32 Å². The molecular weight excluding hydrogens is 273 g/mol. The zero-order chi connectivity index (χ0) is 12.9. The molecule has 0 bridgehead atoms. The average molecular weight is 281 g/mol. The molecule has 0 spiro atoms. The third kappa shape index (κ3) is 5.20. The van der Waals surface area contributed by atoms with Gasteiger partial charge in [0.2, 0.25) is 0 Å². The number of thioether (sulfide) groups is 1. The molecule has 7 heteroatoms. The molecule has 0 aliphatic heterocycles. The van der Waals surface area contributed by atoms with E-state index >= 15 is 0 Å². The van der Waals surface area contributed by atoms with Gasteiger partial charge in [-0.05, 0) is 30.0 Å². The Bertz CT molecular complexity index is 429. The molecule has 0 unspecified atom stereocenters. The average Bonchev–Trinajstić information content (AvgIpc) is 2.24. The molecule has 1 aromatic carbocycles. The maximum atomic E-state index is 11.8. The molecule has 1 rings (SSSR count). The van der Waals surface area contributed by atoms with E-state index < -0.39 is 5.51 Å². The van der Waals surface area contributed by atoms with Crippen molar-refractivity contribution in [2.45, 2.75) is 5.51 Å². The van der Waals surface area contributed by atoms with Crippen molar-refractivity contribution in [3.8, 4) is 6.07 Å². The maximum absolute atomic E-state index is 11.8. The first kappa shape index (κ1) is 14.0. The Labute approximate surface area is 106 Å². The van der Waals surface area contributed by atoms with Crippen LogP contribution in [0.1, 0.15) is 5.56 Å². The zero-order valence-corrected chi connectivity index (χ0v) is 10.1. The van der Waals surface area contributed by atoms with Crippen molar-refractivity contribution in [1.29, 1.82) is 5.26 Å². The number of halogens is 4. The van der Waals surface area contributed by atoms with Crippen LogP contribution in [0, 0.1) is 11.3 Å². The largest absolute Gasteiger partial charge is 0.441 e. The maximum Gasteiger partial charge on any atom is 0.441 e. The van der Waals surface area contributed by atoms with Gasteiger partial charge in [-0.15, -0.1) is 0 Å². The summed E-state index contributed by atoms with van der Waals surface area (Å²) in [6, 6.07) is 6.52. The fourth-order valence-corrected chi connectivity index (χ4v) is 1.72. The number of alkyl halides is 3. The van der Waals surface area contributed by atoms with Gasteiger partial charge < -0.3 is 5.32 Å². The van der Waals surface area contributed by atoms with Gasteiger partial charge in [0.1, 0.15) is 6.07 Å². The number of nitrogens with zero attached hydrogens (tertiary/aromatic N) is 1. The topological polar surface area (TPSA) is 35.8 Å². The second-order valence-electron chi connectivity index (χ2n) is 3.02. The third-order valence-electron chi connectivity index (χ3n) is 1.79. The van der Waals surface area contributed by atoms with Crippen molar-refractivity contribution in [2.24, 2.45) is 0 Å². The monoisotopic (exact) mass is 280 g/mol. The summed E-state index contributed by atoms with van der Waals surface area (Å²) in [7, 11) is 0. The minimum atomic E-state index is -4.22. The van der Waals surface area contributed by atoms with Crippen molar-refractivity contribution in [3.05, 3.63) is 28.8 Å². The molecule has 0 saturated carbocycles. The van der Waals surface area contributed by atoms with Crippen LogP contribution in [0.15, 0.2) is 18.2 Å². The summed E-state index contributed by atoms with van der Waals surface area (Å²) < 4.78 is 35.5. The van der Waals surface area contributed by atoms with Gasteiger partial charge in [0.25, 0.3) is 0 Å². The highest BCUT2D eigenvalue weighted by Gasteiger charge is 2.27. The lowest BCUT2D eigenvalue weighted by molar-refractivity contribution is -0.0327. The number of nitrogens with one attached hydrogen (secondary N) is 1. The lowest BCUT2D eigenvalue weighted by Crippen LogP contribution is -2.10. The molecule has 0 amide bonds. The molecule has 92 valence electrons. The lowest BCUT2D eigenvalue weighted by atomic mass is 10.2. The van der Waals surface area contributed by atoms with Crippen LogP contribution < -0.4 is 5.32 Å². The Balaban J connectivity index is 2.50. The second-order valence-corrected chi connectivity index (χ2v) is 4.62. The van der Waals surface area contributed by atoms with Crippen LogP contribution in [0.5, 0.6) is 0 Å². The molecule has 0 aliphatic rings. The Hall–Kier alpha value is -1.06. The summed E-state index contributed by atoms with van der Waals surface area (Å²) >= 11 is 5.58. The van der Waals surface area contributed by atoms with Gasteiger partial charge in [-0.2, -0.15) is 18.4 Å². The molecule has 2 nitrogen and oxygen atoms in total. The Kier molecular flexibility index (Phi) is 4.97. The van der Waals surface area contributed by atoms with Gasteiger partial charge in [-0.3, -0.25) is 0 Å². The van der Waals surface area contributed by atoms with E-state index in [0.29, 0.717) is 16.3 Å². The molecule has 0 radical (unpaired) electrons. The normalized spacial score (nSPS) is 11.0. The third-order valence-corrected chi connectivity index (χ3v) is 2.76. The number of anilines is 1. The van der Waals surface area contributed by atoms with Gasteiger partial charge in [0.15, 0.2) is 0 Å². The van der Waals surface area contributed by atoms with E-state index in [1.807, 2.05) is 6.07 Å². The van der Waals surface area contributed by atoms with Crippen molar-refractivity contribution in [3.63, 3.8) is 0 Å². The Morgan fingerprint density at radius 1 is 1.41 bits per heavy atom. The molecule has 0 fully saturated rings. The second kappa shape index (κ2) is 6.03. The molecule has 0 heterocycles. The minimum Gasteiger partial charge on any atom is -0.383 e. The summed E-state index contributed by atoms with van der Waals surface area (Å²) in [4.78, 5) is 0. The van der Waals surface area contributed by atoms with E-state index in [0.717, 1.165) is 0 Å². The van der Waals surface area contributed by atoms with Gasteiger partial charge >= 0.3 is 5.51 Å². The van der Waals surface area contributed by atoms with Gasteiger partial charge in [0.05, 0.1) is 11.3 Å². The minimum absolute atomic E-state index is 0.102. The van der Waals surface area contributed by atoms with Crippen LogP contribution >= 0.6 is 23.4 Å². The first-order valence-electron chi connectivity index (χ1n) is 4.56. The van der Waals surface area contributed by atoms with E-state index in [4.69, 9.17) is 16.9 Å². The van der Waals surface area contributed by atoms with Gasteiger partial charge in [0, 0.05) is 17.3 Å². The molecule has 1 aromatic rings. The van der Waals surface area contributed by atoms with Crippen LogP contribution in [-0.4, -0.2) is 17.8 Å². The predicted octanol–water partition coefficient (Wildman–Crippen LogP) is 3.88. The molecule has 17 heavy (non-hydrogen) atoms. The van der Waals surface area contributed by atoms with Crippen molar-refractivity contribution in [1.82, 2.24) is 0 Å². The van der Waals surface area contributed by atoms with Crippen LogP contribution in [-0.2, 0) is 0 Å². The van der Waals surface area contributed by atoms with E-state index in [1.54, 1.807) is 12.1 Å². The van der Waals surface area contributed by atoms with Crippen molar-refractivity contribution < 1.29 is 13.2 Å². The Morgan fingerprint density at radius 2 is 2.12 bits per heavy atom. The number of hydrogen-bond acceptors (Lipinski definition) is 3. The SMILES string of the molecule is N#Cc1cc(Cl)ccc1NCCSC(F)(F)F. The van der Waals surface area contributed by atoms with Crippen LogP contribution in [0.25, 0.3) is 0 Å². The molecule has 0 aromatic heterocycles. The first-order valence-corrected chi connectivity index (χ1v) is 5.93. The standard InChI is InChI=1S/C10H8ClF3N2S/c11-8-1-2-9(7(5-8)6-15)16-3-4-17-10(12,13)14/h1-2,5,16H,3-4H2. The summed E-state index contributed by atoms with van der Waals surface area (Å²) in [6.45, 7) is 0.125. The highest BCUT2D eigenvalue weighted by molar-refractivity contribution is 8.00. The van der Waals surface area contributed by atoms with Crippen molar-refractivity contribution >= 4 is 29.1 Å². The summed E-state index contributed by atoms with van der Waals surface area (Å²) in [6.07, 6.45) is 0. The Morgan fingerprint density at radius 3 is 2.71 bits per heavy atom. The summed E-state index contributed by atoms with van der Waals surface area (Å²) in [5.74, 6) is -0.114. The predicted molar refractivity (Wildman–Crippen MR) is 63.2 cm³/mol. The van der Waals surface area contributed by atoms with Crippen molar-refractivity contribution in [2.75, 3.05) is 17.6 Å². The lowest BCUT2D eigenvalue weighted by Gasteiger charge is -2.09. The molecule has 0 saturated heterocycles. The molecule has 0 aliphatic carbocycles. The smallest absolute Gasteiger partial charge is 0.383 e. The van der Waals surface area contributed by atoms with Crippen LogP contribution in [0.2, 0.25) is 5.02 Å². The summed E-state index contributed by atoms with van der Waals surface area (Å²) in [5.41, 5.74) is -3.42. The number of benzene rings is 1. The first-order chi connectivity index (χ1) is 7.92. The highest BCUT2D eigenvalue weighted by Crippen LogP contribution is 2.29. The summed E-state index contributed by atoms with van der Waals surface area (Å²) in [5, 5.41) is 12.0. The molecule has 1 N–H and O–H groups in total. The van der Waals surface area contributed by atoms with E-state index in [1.165, 1.54) is 6.07 Å². The number of hydrogen-bond donors (Lipinski definition) is 1. The number of rotatable bonds is 4. The number of nitriles is 1. The molecule has 0 atom stereocenters. The van der Waals surface area contributed by atoms with E-state index in [9.17, 15) is 13.2 Å². The quantitative estimate of drug-likeness (QED) is 0.850. The fourth-order valence-electron chi connectivity index (χ4n) is 1.12. The molecular formula is C10H8ClF3N2S. The van der Waals surface area contributed by atoms with Crippen LogP contribution in [0.3, 0.4) is 0 Å². The van der Waals surface area contributed by atoms with E-state index in [-0.39, 0.29) is 24.1 Å². The van der Waals surface area contributed by atoms with Gasteiger partial charge in [-0.25, -0.2) is 0 Å². The fraction of sp³-hybridized carbons (Fsp3) is 0.300. The zero-order valence-electron chi connectivity index (χ0n) is 8.51. The highest BCUT2D eigenvalue weighted by atomic mass is 35.5. The van der Waals surface area contributed by atoms with Crippen LogP contribution in [0.4, 0.5) is 18.9 Å².